The van der Waals surface area contributed by atoms with Crippen LogP contribution in [0, 0.1) is 23.2 Å². The molecule has 5 fully saturated rings. The minimum absolute atomic E-state index is 0.157. The molecule has 2 aromatic rings. The van der Waals surface area contributed by atoms with Crippen molar-refractivity contribution in [2.24, 2.45) is 23.2 Å². The third-order valence-electron chi connectivity index (χ3n) is 8.29. The van der Waals surface area contributed by atoms with Crippen LogP contribution in [0.15, 0.2) is 18.2 Å². The van der Waals surface area contributed by atoms with Crippen molar-refractivity contribution in [2.75, 3.05) is 44.3 Å². The van der Waals surface area contributed by atoms with Crippen molar-refractivity contribution in [3.05, 3.63) is 23.2 Å². The highest BCUT2D eigenvalue weighted by Gasteiger charge is 2.56. The van der Waals surface area contributed by atoms with Crippen LogP contribution in [-0.4, -0.2) is 55.2 Å². The maximum absolute atomic E-state index is 14.3. The van der Waals surface area contributed by atoms with Gasteiger partial charge in [0.2, 0.25) is 5.91 Å². The Morgan fingerprint density at radius 3 is 2.50 bits per heavy atom. The first-order chi connectivity index (χ1) is 15.6. The van der Waals surface area contributed by atoms with E-state index in [-0.39, 0.29) is 5.41 Å². The van der Waals surface area contributed by atoms with Gasteiger partial charge in [-0.25, -0.2) is 4.98 Å². The number of carbonyl (C=O) groups is 1. The van der Waals surface area contributed by atoms with Gasteiger partial charge in [-0.15, -0.1) is 0 Å². The maximum atomic E-state index is 14.3. The average molecular weight is 474 g/mol. The fraction of sp³-hybridized carbons (Fsp3) is 0.680. The summed E-state index contributed by atoms with van der Waals surface area (Å²) in [5.74, 6) is 2.61. The molecule has 7 heteroatoms. The number of hydrogen-bond donors (Lipinski definition) is 0. The first-order valence-corrected chi connectivity index (χ1v) is 13.5. The third kappa shape index (κ3) is 3.87. The van der Waals surface area contributed by atoms with Gasteiger partial charge < -0.3 is 4.74 Å². The summed E-state index contributed by atoms with van der Waals surface area (Å²) in [6.45, 7) is 5.33. The zero-order chi connectivity index (χ0) is 21.7. The van der Waals surface area contributed by atoms with Gasteiger partial charge in [-0.2, -0.15) is 0 Å². The quantitative estimate of drug-likeness (QED) is 0.576. The van der Waals surface area contributed by atoms with E-state index in [1.165, 1.54) is 19.3 Å². The van der Waals surface area contributed by atoms with Gasteiger partial charge in [-0.3, -0.25) is 14.6 Å². The zero-order valence-corrected chi connectivity index (χ0v) is 20.2. The van der Waals surface area contributed by atoms with E-state index in [0.717, 1.165) is 98.2 Å². The first kappa shape index (κ1) is 21.3. The molecule has 4 aliphatic carbocycles. The fourth-order valence-corrected chi connectivity index (χ4v) is 8.53. The second kappa shape index (κ2) is 8.53. The second-order valence-corrected chi connectivity index (χ2v) is 12.0. The Hall–Kier alpha value is -1.21. The van der Waals surface area contributed by atoms with Gasteiger partial charge in [0, 0.05) is 26.2 Å². The molecule has 1 saturated heterocycles. The molecule has 1 aromatic heterocycles. The van der Waals surface area contributed by atoms with Crippen LogP contribution in [0.3, 0.4) is 0 Å². The molecular weight excluding hydrogens is 442 g/mol. The van der Waals surface area contributed by atoms with Crippen molar-refractivity contribution >= 4 is 44.2 Å². The average Bonchev–Trinajstić information content (AvgIpc) is 3.21. The number of hydrogen-bond acceptors (Lipinski definition) is 5. The van der Waals surface area contributed by atoms with Crippen LogP contribution in [-0.2, 0) is 9.53 Å². The number of ether oxygens (including phenoxy) is 1. The van der Waals surface area contributed by atoms with Crippen LogP contribution < -0.4 is 4.90 Å². The lowest BCUT2D eigenvalue weighted by Gasteiger charge is -2.56. The highest BCUT2D eigenvalue weighted by Crippen LogP contribution is 2.60. The van der Waals surface area contributed by atoms with Crippen LogP contribution >= 0.6 is 22.9 Å². The Bertz CT molecular complexity index is 967. The highest BCUT2D eigenvalue weighted by atomic mass is 35.5. The van der Waals surface area contributed by atoms with Crippen molar-refractivity contribution in [3.8, 4) is 0 Å². The molecule has 0 atom stereocenters. The van der Waals surface area contributed by atoms with Crippen LogP contribution in [0.1, 0.15) is 44.9 Å². The van der Waals surface area contributed by atoms with E-state index in [1.807, 2.05) is 12.1 Å². The van der Waals surface area contributed by atoms with E-state index >= 15 is 0 Å². The van der Waals surface area contributed by atoms with E-state index in [0.29, 0.717) is 10.9 Å². The topological polar surface area (TPSA) is 45.7 Å². The maximum Gasteiger partial charge on any atom is 0.235 e. The lowest BCUT2D eigenvalue weighted by Crippen LogP contribution is -2.55. The number of halogens is 1. The second-order valence-electron chi connectivity index (χ2n) is 10.5. The molecule has 4 saturated carbocycles. The number of rotatable bonds is 6. The number of fused-ring (bicyclic) bond motifs is 1. The summed E-state index contributed by atoms with van der Waals surface area (Å²) >= 11 is 8.05. The predicted molar refractivity (Wildman–Crippen MR) is 129 cm³/mol. The van der Waals surface area contributed by atoms with E-state index in [9.17, 15) is 4.79 Å². The number of benzene rings is 1. The molecule has 7 rings (SSSR count). The van der Waals surface area contributed by atoms with Crippen molar-refractivity contribution in [1.29, 1.82) is 0 Å². The third-order valence-corrected chi connectivity index (χ3v) is 9.63. The number of carbonyl (C=O) groups excluding carboxylic acids is 1. The van der Waals surface area contributed by atoms with Crippen molar-refractivity contribution in [1.82, 2.24) is 9.88 Å². The molecule has 0 unspecified atom stereocenters. The number of aromatic nitrogens is 1. The van der Waals surface area contributed by atoms with Crippen LogP contribution in [0.2, 0.25) is 5.02 Å². The van der Waals surface area contributed by atoms with Gasteiger partial charge in [0.15, 0.2) is 5.13 Å². The number of nitrogens with zero attached hydrogens (tertiary/aromatic N) is 3. The summed E-state index contributed by atoms with van der Waals surface area (Å²) in [5, 5.41) is 1.50. The predicted octanol–water partition coefficient (Wildman–Crippen LogP) is 5.22. The SMILES string of the molecule is O=C(N(CCCN1CCOCC1)c1nc2c(Cl)cccc2s1)C12CC3CC(CC(C3)C1)C2. The monoisotopic (exact) mass is 473 g/mol. The van der Waals surface area contributed by atoms with E-state index in [2.05, 4.69) is 15.9 Å². The molecule has 0 spiro atoms. The number of thiazole rings is 1. The lowest BCUT2D eigenvalue weighted by atomic mass is 9.49. The largest absolute Gasteiger partial charge is 0.379 e. The molecule has 0 radical (unpaired) electrons. The molecule has 5 aliphatic rings. The van der Waals surface area contributed by atoms with Gasteiger partial charge in [0.1, 0.15) is 5.52 Å². The molecule has 1 amide bonds. The summed E-state index contributed by atoms with van der Waals surface area (Å²) in [5.41, 5.74) is 0.667. The smallest absolute Gasteiger partial charge is 0.235 e. The molecule has 2 heterocycles. The highest BCUT2D eigenvalue weighted by molar-refractivity contribution is 7.22. The van der Waals surface area contributed by atoms with E-state index < -0.39 is 0 Å². The summed E-state index contributed by atoms with van der Waals surface area (Å²) < 4.78 is 6.55. The van der Waals surface area contributed by atoms with Crippen LogP contribution in [0.25, 0.3) is 10.2 Å². The molecule has 1 aliphatic heterocycles. The normalized spacial score (nSPS) is 32.0. The van der Waals surface area contributed by atoms with Crippen LogP contribution in [0.4, 0.5) is 5.13 Å². The summed E-state index contributed by atoms with van der Waals surface area (Å²) in [7, 11) is 0. The Kier molecular flexibility index (Phi) is 5.69. The number of para-hydroxylation sites is 1. The van der Waals surface area contributed by atoms with Gasteiger partial charge in [0.25, 0.3) is 0 Å². The molecule has 1 aromatic carbocycles. The van der Waals surface area contributed by atoms with Gasteiger partial charge in [0.05, 0.1) is 28.4 Å². The number of morpholine rings is 1. The molecule has 0 N–H and O–H groups in total. The van der Waals surface area contributed by atoms with Crippen molar-refractivity contribution < 1.29 is 9.53 Å². The molecule has 4 bridgehead atoms. The summed E-state index contributed by atoms with van der Waals surface area (Å²) in [4.78, 5) is 23.7. The number of amides is 1. The van der Waals surface area contributed by atoms with Gasteiger partial charge in [-0.1, -0.05) is 29.0 Å². The lowest BCUT2D eigenvalue weighted by molar-refractivity contribution is -0.143. The minimum atomic E-state index is -0.157. The van der Waals surface area contributed by atoms with Gasteiger partial charge >= 0.3 is 0 Å². The Balaban J connectivity index is 1.28. The van der Waals surface area contributed by atoms with Crippen molar-refractivity contribution in [3.63, 3.8) is 0 Å². The van der Waals surface area contributed by atoms with Gasteiger partial charge in [-0.05, 0) is 74.8 Å². The Labute approximate surface area is 199 Å². The first-order valence-electron chi connectivity index (χ1n) is 12.3. The summed E-state index contributed by atoms with van der Waals surface area (Å²) in [6, 6.07) is 5.91. The van der Waals surface area contributed by atoms with E-state index in [4.69, 9.17) is 21.3 Å². The fourth-order valence-electron chi connectivity index (χ4n) is 7.24. The van der Waals surface area contributed by atoms with Crippen molar-refractivity contribution in [2.45, 2.75) is 44.9 Å². The minimum Gasteiger partial charge on any atom is -0.379 e. The van der Waals surface area contributed by atoms with E-state index in [1.54, 1.807) is 11.3 Å². The molecule has 32 heavy (non-hydrogen) atoms. The van der Waals surface area contributed by atoms with Crippen LogP contribution in [0.5, 0.6) is 0 Å². The summed E-state index contributed by atoms with van der Waals surface area (Å²) in [6.07, 6.45) is 8.26. The zero-order valence-electron chi connectivity index (χ0n) is 18.6. The molecule has 172 valence electrons. The molecular formula is C25H32ClN3O2S. The standard InChI is InChI=1S/C25H32ClN3O2S/c26-20-3-1-4-21-22(20)27-24(32-21)29(6-2-5-28-7-9-31-10-8-28)23(30)25-14-17-11-18(15-25)13-19(12-17)16-25/h1,3-4,17-19H,2,5-16H2. The Morgan fingerprint density at radius 2 is 1.84 bits per heavy atom. The Morgan fingerprint density at radius 1 is 1.16 bits per heavy atom. The number of anilines is 1. The molecule has 5 nitrogen and oxygen atoms in total.